The largest absolute Gasteiger partial charge is 0.334 e. The van der Waals surface area contributed by atoms with Crippen LogP contribution in [0.15, 0.2) is 27.7 Å². The van der Waals surface area contributed by atoms with Crippen molar-refractivity contribution in [3.63, 3.8) is 0 Å². The highest BCUT2D eigenvalue weighted by molar-refractivity contribution is 9.10. The third-order valence-corrected chi connectivity index (χ3v) is 5.14. The Morgan fingerprint density at radius 3 is 2.94 bits per heavy atom. The molecule has 1 atom stereocenters. The first-order valence-electron chi connectivity index (χ1n) is 5.96. The van der Waals surface area contributed by atoms with Crippen molar-refractivity contribution in [2.45, 2.75) is 25.0 Å². The molecule has 1 N–H and O–H groups in total. The first-order chi connectivity index (χ1) is 8.22. The third kappa shape index (κ3) is 2.68. The number of hydrogen-bond donors (Lipinski definition) is 1. The summed E-state index contributed by atoms with van der Waals surface area (Å²) >= 11 is 5.49. The summed E-state index contributed by atoms with van der Waals surface area (Å²) in [5, 5.41) is 5.21. The number of aryl methyl sites for hydroxylation is 1. The fourth-order valence-corrected chi connectivity index (χ4v) is 3.82. The summed E-state index contributed by atoms with van der Waals surface area (Å²) in [4.78, 5) is 4.58. The Labute approximate surface area is 114 Å². The summed E-state index contributed by atoms with van der Waals surface area (Å²) in [6.07, 6.45) is 2.80. The van der Waals surface area contributed by atoms with Crippen molar-refractivity contribution in [2.24, 2.45) is 10.9 Å². The van der Waals surface area contributed by atoms with E-state index in [1.54, 1.807) is 0 Å². The van der Waals surface area contributed by atoms with Crippen LogP contribution in [0.4, 0.5) is 5.69 Å². The van der Waals surface area contributed by atoms with Crippen LogP contribution in [0.25, 0.3) is 0 Å². The van der Waals surface area contributed by atoms with Gasteiger partial charge in [-0.25, -0.2) is 0 Å². The lowest BCUT2D eigenvalue weighted by atomic mass is 10.2. The second kappa shape index (κ2) is 4.65. The molecule has 1 aromatic rings. The first kappa shape index (κ1) is 11.6. The van der Waals surface area contributed by atoms with Gasteiger partial charge in [0.1, 0.15) is 0 Å². The van der Waals surface area contributed by atoms with Gasteiger partial charge in [0.15, 0.2) is 5.17 Å². The van der Waals surface area contributed by atoms with Crippen LogP contribution in [0.5, 0.6) is 0 Å². The Balaban J connectivity index is 1.66. The Hall–Kier alpha value is -0.480. The van der Waals surface area contributed by atoms with Gasteiger partial charge in [0.2, 0.25) is 0 Å². The van der Waals surface area contributed by atoms with E-state index in [2.05, 4.69) is 51.4 Å². The summed E-state index contributed by atoms with van der Waals surface area (Å²) in [7, 11) is 0. The van der Waals surface area contributed by atoms with E-state index >= 15 is 0 Å². The van der Waals surface area contributed by atoms with Crippen LogP contribution in [0, 0.1) is 12.8 Å². The zero-order chi connectivity index (χ0) is 11.8. The van der Waals surface area contributed by atoms with Crippen LogP contribution in [0.1, 0.15) is 18.4 Å². The number of halogens is 1. The van der Waals surface area contributed by atoms with Crippen molar-refractivity contribution in [1.29, 1.82) is 0 Å². The lowest BCUT2D eigenvalue weighted by Crippen LogP contribution is -2.09. The van der Waals surface area contributed by atoms with Gasteiger partial charge in [-0.3, -0.25) is 4.99 Å². The van der Waals surface area contributed by atoms with E-state index in [9.17, 15) is 0 Å². The highest BCUT2D eigenvalue weighted by Crippen LogP contribution is 2.42. The van der Waals surface area contributed by atoms with Crippen LogP contribution >= 0.6 is 27.7 Å². The molecule has 1 aliphatic carbocycles. The van der Waals surface area contributed by atoms with E-state index in [1.807, 2.05) is 11.8 Å². The zero-order valence-electron chi connectivity index (χ0n) is 9.74. The number of amidine groups is 1. The highest BCUT2D eigenvalue weighted by atomic mass is 79.9. The van der Waals surface area contributed by atoms with E-state index in [0.717, 1.165) is 33.0 Å². The molecule has 1 unspecified atom stereocenters. The number of thioether (sulfide) groups is 1. The molecule has 0 spiro atoms. The molecule has 17 heavy (non-hydrogen) atoms. The van der Waals surface area contributed by atoms with Gasteiger partial charge >= 0.3 is 0 Å². The number of aliphatic imine (C=N–C) groups is 1. The molecule has 0 saturated heterocycles. The van der Waals surface area contributed by atoms with Crippen molar-refractivity contribution >= 4 is 38.5 Å². The van der Waals surface area contributed by atoms with Gasteiger partial charge in [-0.2, -0.15) is 0 Å². The molecule has 4 heteroatoms. The van der Waals surface area contributed by atoms with Crippen LogP contribution in [0.3, 0.4) is 0 Å². The van der Waals surface area contributed by atoms with E-state index in [0.29, 0.717) is 0 Å². The minimum absolute atomic E-state index is 0.724. The van der Waals surface area contributed by atoms with Gasteiger partial charge in [-0.15, -0.1) is 0 Å². The molecule has 3 rings (SSSR count). The van der Waals surface area contributed by atoms with Crippen molar-refractivity contribution in [3.05, 3.63) is 28.2 Å². The topological polar surface area (TPSA) is 24.4 Å². The molecule has 1 fully saturated rings. The molecular weight excluding hydrogens is 296 g/mol. The molecule has 1 aromatic carbocycles. The maximum Gasteiger partial charge on any atom is 0.161 e. The molecule has 0 amide bonds. The van der Waals surface area contributed by atoms with Gasteiger partial charge in [0.05, 0.1) is 12.2 Å². The Morgan fingerprint density at radius 2 is 2.24 bits per heavy atom. The SMILES string of the molecule is Cc1ccc(NC2=NCC(C3CC3)S2)c(Br)c1. The van der Waals surface area contributed by atoms with Crippen molar-refractivity contribution in [3.8, 4) is 0 Å². The normalized spacial score (nSPS) is 23.6. The van der Waals surface area contributed by atoms with E-state index in [1.165, 1.54) is 18.4 Å². The maximum absolute atomic E-state index is 4.58. The molecular formula is C13H15BrN2S. The first-order valence-corrected chi connectivity index (χ1v) is 7.64. The molecule has 0 aromatic heterocycles. The van der Waals surface area contributed by atoms with Crippen LogP contribution < -0.4 is 5.32 Å². The van der Waals surface area contributed by atoms with Crippen molar-refractivity contribution in [2.75, 3.05) is 11.9 Å². The average Bonchev–Trinajstić information content (AvgIpc) is 3.04. The van der Waals surface area contributed by atoms with E-state index in [4.69, 9.17) is 0 Å². The second-order valence-electron chi connectivity index (χ2n) is 4.75. The summed E-state index contributed by atoms with van der Waals surface area (Å²) in [5.41, 5.74) is 2.37. The monoisotopic (exact) mass is 310 g/mol. The lowest BCUT2D eigenvalue weighted by molar-refractivity contribution is 0.773. The number of nitrogens with one attached hydrogen (secondary N) is 1. The summed E-state index contributed by atoms with van der Waals surface area (Å²) in [5.74, 6) is 0.921. The van der Waals surface area contributed by atoms with Crippen molar-refractivity contribution in [1.82, 2.24) is 0 Å². The molecule has 0 radical (unpaired) electrons. The van der Waals surface area contributed by atoms with Crippen molar-refractivity contribution < 1.29 is 0 Å². The summed E-state index contributed by atoms with van der Waals surface area (Å²) in [6.45, 7) is 3.08. The van der Waals surface area contributed by atoms with Gasteiger partial charge in [0, 0.05) is 9.72 Å². The number of rotatable bonds is 2. The third-order valence-electron chi connectivity index (χ3n) is 3.19. The molecule has 1 heterocycles. The van der Waals surface area contributed by atoms with Gasteiger partial charge in [0.25, 0.3) is 0 Å². The molecule has 2 aliphatic rings. The molecule has 90 valence electrons. The highest BCUT2D eigenvalue weighted by Gasteiger charge is 2.35. The predicted molar refractivity (Wildman–Crippen MR) is 78.9 cm³/mol. The smallest absolute Gasteiger partial charge is 0.161 e. The van der Waals surface area contributed by atoms with Gasteiger partial charge < -0.3 is 5.32 Å². The minimum atomic E-state index is 0.724. The number of benzene rings is 1. The van der Waals surface area contributed by atoms with Crippen LogP contribution in [0.2, 0.25) is 0 Å². The fourth-order valence-electron chi connectivity index (χ4n) is 2.01. The summed E-state index contributed by atoms with van der Waals surface area (Å²) in [6, 6.07) is 6.35. The lowest BCUT2D eigenvalue weighted by Gasteiger charge is -2.09. The standard InChI is InChI=1S/C13H15BrN2S/c1-8-2-5-11(10(14)6-8)16-13-15-7-12(17-13)9-3-4-9/h2,5-6,9,12H,3-4,7H2,1H3,(H,15,16). The zero-order valence-corrected chi connectivity index (χ0v) is 12.1. The number of anilines is 1. The number of nitrogens with zero attached hydrogens (tertiary/aromatic N) is 1. The van der Waals surface area contributed by atoms with E-state index in [-0.39, 0.29) is 0 Å². The summed E-state index contributed by atoms with van der Waals surface area (Å²) < 4.78 is 1.11. The van der Waals surface area contributed by atoms with Gasteiger partial charge in [-0.05, 0) is 59.3 Å². The van der Waals surface area contributed by atoms with E-state index < -0.39 is 0 Å². The Bertz CT molecular complexity index is 468. The van der Waals surface area contributed by atoms with Gasteiger partial charge in [-0.1, -0.05) is 17.8 Å². The molecule has 0 bridgehead atoms. The molecule has 1 aliphatic heterocycles. The number of hydrogen-bond acceptors (Lipinski definition) is 3. The minimum Gasteiger partial charge on any atom is -0.334 e. The average molecular weight is 311 g/mol. The Kier molecular flexibility index (Phi) is 3.17. The molecule has 1 saturated carbocycles. The predicted octanol–water partition coefficient (Wildman–Crippen LogP) is 4.05. The quantitative estimate of drug-likeness (QED) is 0.891. The second-order valence-corrected chi connectivity index (χ2v) is 6.83. The van der Waals surface area contributed by atoms with Crippen LogP contribution in [-0.2, 0) is 0 Å². The Morgan fingerprint density at radius 1 is 1.41 bits per heavy atom. The molecule has 2 nitrogen and oxygen atoms in total. The maximum atomic E-state index is 4.58. The fraction of sp³-hybridized carbons (Fsp3) is 0.462. The van der Waals surface area contributed by atoms with Crippen LogP contribution in [-0.4, -0.2) is 17.0 Å².